The second-order valence-electron chi connectivity index (χ2n) is 7.83. The van der Waals surface area contributed by atoms with Gasteiger partial charge < -0.3 is 19.5 Å². The average molecular weight is 468 g/mol. The van der Waals surface area contributed by atoms with Crippen LogP contribution in [0.3, 0.4) is 0 Å². The molecule has 12 heteroatoms. The van der Waals surface area contributed by atoms with Crippen LogP contribution in [0, 0.1) is 5.41 Å². The molecule has 2 aromatic rings. The number of carbonyl (C=O) groups is 2. The van der Waals surface area contributed by atoms with Gasteiger partial charge >= 0.3 is 12.1 Å². The Hall–Kier alpha value is -3.28. The SMILES string of the molecule is O=C(O)C(F)(F)F.O=C(c1ccncn1)N1CCC2(CC1)COC(COc1cccnc1)C2. The maximum atomic E-state index is 12.5. The third-order valence-electron chi connectivity index (χ3n) is 5.51. The van der Waals surface area contributed by atoms with Gasteiger partial charge in [0.2, 0.25) is 0 Å². The van der Waals surface area contributed by atoms with Crippen molar-refractivity contribution < 1.29 is 37.3 Å². The predicted octanol–water partition coefficient (Wildman–Crippen LogP) is 2.60. The van der Waals surface area contributed by atoms with Crippen molar-refractivity contribution in [3.8, 4) is 5.75 Å². The van der Waals surface area contributed by atoms with Gasteiger partial charge in [0.25, 0.3) is 5.91 Å². The lowest BCUT2D eigenvalue weighted by molar-refractivity contribution is -0.192. The zero-order valence-electron chi connectivity index (χ0n) is 17.6. The first-order valence-electron chi connectivity index (χ1n) is 10.2. The number of amides is 1. The van der Waals surface area contributed by atoms with Crippen LogP contribution in [0.1, 0.15) is 29.8 Å². The molecule has 9 nitrogen and oxygen atoms in total. The number of hydrogen-bond acceptors (Lipinski definition) is 7. The second-order valence-corrected chi connectivity index (χ2v) is 7.83. The minimum absolute atomic E-state index is 0.0161. The molecule has 178 valence electrons. The number of rotatable bonds is 4. The molecular weight excluding hydrogens is 445 g/mol. The Morgan fingerprint density at radius 2 is 1.94 bits per heavy atom. The summed E-state index contributed by atoms with van der Waals surface area (Å²) in [6.07, 6.45) is 4.34. The number of carbonyl (C=O) groups excluding carboxylic acids is 1. The van der Waals surface area contributed by atoms with E-state index in [1.54, 1.807) is 24.7 Å². The van der Waals surface area contributed by atoms with Gasteiger partial charge in [0.05, 0.1) is 18.9 Å². The van der Waals surface area contributed by atoms with E-state index < -0.39 is 12.1 Å². The highest BCUT2D eigenvalue weighted by atomic mass is 19.4. The summed E-state index contributed by atoms with van der Waals surface area (Å²) in [5.74, 6) is -2.01. The number of ether oxygens (including phenoxy) is 2. The highest BCUT2D eigenvalue weighted by molar-refractivity contribution is 5.92. The third-order valence-corrected chi connectivity index (χ3v) is 5.51. The Balaban J connectivity index is 0.000000383. The fourth-order valence-corrected chi connectivity index (χ4v) is 3.74. The Morgan fingerprint density at radius 3 is 2.52 bits per heavy atom. The van der Waals surface area contributed by atoms with Crippen LogP contribution in [0.25, 0.3) is 0 Å². The van der Waals surface area contributed by atoms with E-state index in [4.69, 9.17) is 19.4 Å². The molecule has 0 saturated carbocycles. The van der Waals surface area contributed by atoms with E-state index >= 15 is 0 Å². The number of piperidine rings is 1. The molecule has 4 rings (SSSR count). The van der Waals surface area contributed by atoms with Crippen molar-refractivity contribution in [2.45, 2.75) is 31.5 Å². The first-order valence-corrected chi connectivity index (χ1v) is 10.2. The maximum Gasteiger partial charge on any atom is 0.490 e. The highest BCUT2D eigenvalue weighted by Crippen LogP contribution is 2.42. The van der Waals surface area contributed by atoms with Gasteiger partial charge in [0, 0.05) is 25.5 Å². The number of carboxylic acids is 1. The van der Waals surface area contributed by atoms with Crippen LogP contribution in [-0.4, -0.2) is 75.4 Å². The number of alkyl halides is 3. The van der Waals surface area contributed by atoms with Gasteiger partial charge in [0.15, 0.2) is 0 Å². The molecule has 0 radical (unpaired) electrons. The molecule has 0 aliphatic carbocycles. The lowest BCUT2D eigenvalue weighted by Gasteiger charge is -2.38. The number of likely N-dealkylation sites (tertiary alicyclic amines) is 1. The average Bonchev–Trinajstić information content (AvgIpc) is 3.21. The number of halogens is 3. The molecule has 33 heavy (non-hydrogen) atoms. The largest absolute Gasteiger partial charge is 0.490 e. The van der Waals surface area contributed by atoms with E-state index in [2.05, 4.69) is 15.0 Å². The summed E-state index contributed by atoms with van der Waals surface area (Å²) in [6, 6.07) is 5.42. The van der Waals surface area contributed by atoms with Crippen molar-refractivity contribution in [2.75, 3.05) is 26.3 Å². The van der Waals surface area contributed by atoms with Crippen molar-refractivity contribution in [2.24, 2.45) is 5.41 Å². The fraction of sp³-hybridized carbons (Fsp3) is 0.476. The lowest BCUT2D eigenvalue weighted by Crippen LogP contribution is -2.43. The van der Waals surface area contributed by atoms with Crippen LogP contribution in [0.15, 0.2) is 43.1 Å². The molecule has 1 unspecified atom stereocenters. The van der Waals surface area contributed by atoms with Gasteiger partial charge in [-0.05, 0) is 42.9 Å². The number of hydrogen-bond donors (Lipinski definition) is 1. The van der Waals surface area contributed by atoms with E-state index in [9.17, 15) is 18.0 Å². The number of pyridine rings is 1. The summed E-state index contributed by atoms with van der Waals surface area (Å²) in [7, 11) is 0. The Morgan fingerprint density at radius 1 is 1.21 bits per heavy atom. The molecule has 1 amide bonds. The van der Waals surface area contributed by atoms with Gasteiger partial charge in [-0.15, -0.1) is 0 Å². The molecule has 4 heterocycles. The van der Waals surface area contributed by atoms with Crippen LogP contribution >= 0.6 is 0 Å². The highest BCUT2D eigenvalue weighted by Gasteiger charge is 2.43. The van der Waals surface area contributed by atoms with Crippen molar-refractivity contribution in [3.05, 3.63) is 48.8 Å². The second kappa shape index (κ2) is 10.6. The zero-order valence-corrected chi connectivity index (χ0v) is 17.6. The van der Waals surface area contributed by atoms with Crippen LogP contribution < -0.4 is 4.74 Å². The van der Waals surface area contributed by atoms with Crippen molar-refractivity contribution >= 4 is 11.9 Å². The molecule has 2 fully saturated rings. The van der Waals surface area contributed by atoms with Crippen molar-refractivity contribution in [3.63, 3.8) is 0 Å². The van der Waals surface area contributed by atoms with E-state index in [-0.39, 0.29) is 17.4 Å². The summed E-state index contributed by atoms with van der Waals surface area (Å²) in [6.45, 7) is 2.76. The predicted molar refractivity (Wildman–Crippen MR) is 107 cm³/mol. The minimum atomic E-state index is -5.08. The van der Waals surface area contributed by atoms with Gasteiger partial charge in [-0.25, -0.2) is 14.8 Å². The smallest absolute Gasteiger partial charge is 0.489 e. The van der Waals surface area contributed by atoms with E-state index in [0.717, 1.165) is 44.7 Å². The molecule has 2 saturated heterocycles. The molecule has 0 bridgehead atoms. The third kappa shape index (κ3) is 6.85. The van der Waals surface area contributed by atoms with Gasteiger partial charge in [-0.2, -0.15) is 13.2 Å². The minimum Gasteiger partial charge on any atom is -0.489 e. The topological polar surface area (TPSA) is 115 Å². The van der Waals surface area contributed by atoms with Crippen molar-refractivity contribution in [1.82, 2.24) is 19.9 Å². The van der Waals surface area contributed by atoms with E-state index in [1.165, 1.54) is 6.33 Å². The fourth-order valence-electron chi connectivity index (χ4n) is 3.74. The first kappa shape index (κ1) is 24.4. The van der Waals surface area contributed by atoms with Crippen LogP contribution in [0.5, 0.6) is 5.75 Å². The molecule has 0 aromatic carbocycles. The van der Waals surface area contributed by atoms with Crippen LogP contribution in [-0.2, 0) is 9.53 Å². The Bertz CT molecular complexity index is 923. The number of carboxylic acid groups (broad SMARTS) is 1. The summed E-state index contributed by atoms with van der Waals surface area (Å²) < 4.78 is 43.5. The molecule has 2 aliphatic rings. The molecule has 1 N–H and O–H groups in total. The van der Waals surface area contributed by atoms with E-state index in [1.807, 2.05) is 17.0 Å². The van der Waals surface area contributed by atoms with Crippen molar-refractivity contribution in [1.29, 1.82) is 0 Å². The van der Waals surface area contributed by atoms with E-state index in [0.29, 0.717) is 12.3 Å². The number of nitrogens with zero attached hydrogens (tertiary/aromatic N) is 4. The summed E-state index contributed by atoms with van der Waals surface area (Å²) >= 11 is 0. The molecule has 2 aliphatic heterocycles. The molecular formula is C21H23F3N4O5. The van der Waals surface area contributed by atoms with Crippen LogP contribution in [0.2, 0.25) is 0 Å². The molecule has 1 atom stereocenters. The summed E-state index contributed by atoms with van der Waals surface area (Å²) in [5, 5.41) is 7.12. The Kier molecular flexibility index (Phi) is 7.79. The molecule has 1 spiro atoms. The standard InChI is InChI=1S/C19H22N4O3.C2HF3O2/c24-18(17-3-7-21-14-22-17)23-8-4-19(5-9-23)10-16(26-13-19)12-25-15-2-1-6-20-11-15;3-2(4,5)1(6)7/h1-3,6-7,11,14,16H,4-5,8-10,12-13H2;(H,6,7). The monoisotopic (exact) mass is 468 g/mol. The van der Waals surface area contributed by atoms with Crippen LogP contribution in [0.4, 0.5) is 13.2 Å². The number of aliphatic carboxylic acids is 1. The zero-order chi connectivity index (χ0) is 23.9. The molecule has 2 aromatic heterocycles. The number of aromatic nitrogens is 3. The maximum absolute atomic E-state index is 12.5. The Labute approximate surface area is 187 Å². The van der Waals surface area contributed by atoms with Gasteiger partial charge in [-0.3, -0.25) is 9.78 Å². The first-order chi connectivity index (χ1) is 15.7. The lowest BCUT2D eigenvalue weighted by atomic mass is 9.76. The normalized spacial score (nSPS) is 19.5. The van der Waals surface area contributed by atoms with Gasteiger partial charge in [-0.1, -0.05) is 0 Å². The summed E-state index contributed by atoms with van der Waals surface area (Å²) in [5.41, 5.74) is 0.618. The quantitative estimate of drug-likeness (QED) is 0.728. The summed E-state index contributed by atoms with van der Waals surface area (Å²) in [4.78, 5) is 35.3. The van der Waals surface area contributed by atoms with Gasteiger partial charge in [0.1, 0.15) is 24.4 Å².